The highest BCUT2D eigenvalue weighted by molar-refractivity contribution is 7.92. The number of halogens is 3. The summed E-state index contributed by atoms with van der Waals surface area (Å²) in [4.78, 5) is 28.5. The van der Waals surface area contributed by atoms with E-state index in [0.717, 1.165) is 4.31 Å². The first-order valence-electron chi connectivity index (χ1n) is 13.5. The van der Waals surface area contributed by atoms with Crippen LogP contribution in [-0.2, 0) is 26.2 Å². The maximum absolute atomic E-state index is 14.3. The number of likely N-dealkylation sites (N-methyl/N-ethyl adjacent to an activating group) is 1. The van der Waals surface area contributed by atoms with Gasteiger partial charge in [-0.15, -0.1) is 0 Å². The van der Waals surface area contributed by atoms with Crippen LogP contribution in [0.4, 0.5) is 5.69 Å². The van der Waals surface area contributed by atoms with Crippen molar-refractivity contribution in [3.05, 3.63) is 75.2 Å². The van der Waals surface area contributed by atoms with Crippen molar-refractivity contribution in [2.75, 3.05) is 38.7 Å². The van der Waals surface area contributed by atoms with Crippen molar-refractivity contribution >= 4 is 62.3 Å². The number of hydrogen-bond donors (Lipinski definition) is 1. The average molecular weight is 687 g/mol. The van der Waals surface area contributed by atoms with Gasteiger partial charge in [0.2, 0.25) is 11.8 Å². The molecule has 3 rings (SSSR count). The van der Waals surface area contributed by atoms with E-state index in [4.69, 9.17) is 49.0 Å². The number of benzene rings is 3. The molecular weight excluding hydrogens is 653 g/mol. The zero-order chi connectivity index (χ0) is 32.6. The quantitative estimate of drug-likeness (QED) is 0.228. The summed E-state index contributed by atoms with van der Waals surface area (Å²) in [6, 6.07) is 12.4. The van der Waals surface area contributed by atoms with Gasteiger partial charge in [-0.1, -0.05) is 47.8 Å². The van der Waals surface area contributed by atoms with Gasteiger partial charge in [0.25, 0.3) is 10.0 Å². The normalized spacial score (nSPS) is 11.8. The highest BCUT2D eigenvalue weighted by atomic mass is 35.5. The Morgan fingerprint density at radius 1 is 0.841 bits per heavy atom. The number of nitrogens with one attached hydrogen (secondary N) is 1. The van der Waals surface area contributed by atoms with E-state index in [1.807, 2.05) is 0 Å². The van der Waals surface area contributed by atoms with Crippen molar-refractivity contribution in [1.82, 2.24) is 10.2 Å². The molecule has 0 aliphatic carbocycles. The Bertz CT molecular complexity index is 1600. The lowest BCUT2D eigenvalue weighted by Crippen LogP contribution is -2.52. The maximum Gasteiger partial charge on any atom is 0.265 e. The summed E-state index contributed by atoms with van der Waals surface area (Å²) in [7, 11) is -0.292. The van der Waals surface area contributed by atoms with Crippen molar-refractivity contribution in [3.63, 3.8) is 0 Å². The Morgan fingerprint density at radius 3 is 2.09 bits per heavy atom. The molecule has 0 saturated carbocycles. The Balaban J connectivity index is 2.18. The summed E-state index contributed by atoms with van der Waals surface area (Å²) in [5.41, 5.74) is 0.605. The Labute approximate surface area is 272 Å². The molecule has 0 radical (unpaired) electrons. The van der Waals surface area contributed by atoms with Crippen LogP contribution >= 0.6 is 34.8 Å². The number of amides is 2. The monoisotopic (exact) mass is 685 g/mol. The van der Waals surface area contributed by atoms with Gasteiger partial charge in [0.15, 0.2) is 11.5 Å². The minimum absolute atomic E-state index is 0.0173. The summed E-state index contributed by atoms with van der Waals surface area (Å²) in [5.74, 6) is -0.423. The van der Waals surface area contributed by atoms with Crippen molar-refractivity contribution < 1.29 is 32.2 Å². The summed E-state index contributed by atoms with van der Waals surface area (Å²) in [5, 5.41) is 3.55. The molecule has 2 amide bonds. The van der Waals surface area contributed by atoms with Crippen molar-refractivity contribution in [2.45, 2.75) is 37.8 Å². The fourth-order valence-electron chi connectivity index (χ4n) is 4.52. The van der Waals surface area contributed by atoms with Gasteiger partial charge in [-0.05, 0) is 61.4 Å². The molecule has 238 valence electrons. The molecule has 44 heavy (non-hydrogen) atoms. The van der Waals surface area contributed by atoms with Crippen molar-refractivity contribution in [2.24, 2.45) is 0 Å². The first-order chi connectivity index (χ1) is 20.9. The Hall–Kier alpha value is -3.38. The number of methoxy groups -OCH3 is 3. The SMILES string of the molecule is CCNC(=O)C(CC)N(Cc1ccc(Cl)c(Cl)c1)C(=O)CN(c1cc(Cl)ccc1OC)S(=O)(=O)c1ccc(OC)c(OC)c1. The van der Waals surface area contributed by atoms with Gasteiger partial charge in [0.05, 0.1) is 42.0 Å². The van der Waals surface area contributed by atoms with Gasteiger partial charge in [-0.3, -0.25) is 13.9 Å². The van der Waals surface area contributed by atoms with E-state index < -0.39 is 34.4 Å². The van der Waals surface area contributed by atoms with Crippen LogP contribution in [0.5, 0.6) is 17.2 Å². The van der Waals surface area contributed by atoms with Crippen molar-refractivity contribution in [1.29, 1.82) is 0 Å². The lowest BCUT2D eigenvalue weighted by molar-refractivity contribution is -0.140. The predicted molar refractivity (Wildman–Crippen MR) is 172 cm³/mol. The molecule has 0 aromatic heterocycles. The van der Waals surface area contributed by atoms with Gasteiger partial charge in [0.1, 0.15) is 18.3 Å². The molecule has 1 atom stereocenters. The number of hydrogen-bond acceptors (Lipinski definition) is 7. The van der Waals surface area contributed by atoms with E-state index in [2.05, 4.69) is 5.32 Å². The van der Waals surface area contributed by atoms with Gasteiger partial charge < -0.3 is 24.4 Å². The second kappa shape index (κ2) is 15.6. The molecule has 0 aliphatic heterocycles. The third kappa shape index (κ3) is 8.01. The van der Waals surface area contributed by atoms with E-state index in [1.54, 1.807) is 32.0 Å². The van der Waals surface area contributed by atoms with Crippen LogP contribution in [0.15, 0.2) is 59.5 Å². The fraction of sp³-hybridized carbons (Fsp3) is 0.333. The van der Waals surface area contributed by atoms with E-state index in [-0.39, 0.29) is 45.1 Å². The molecule has 10 nitrogen and oxygen atoms in total. The van der Waals surface area contributed by atoms with Crippen LogP contribution in [0, 0.1) is 0 Å². The molecule has 0 aliphatic rings. The van der Waals surface area contributed by atoms with Crippen molar-refractivity contribution in [3.8, 4) is 17.2 Å². The van der Waals surface area contributed by atoms with Gasteiger partial charge >= 0.3 is 0 Å². The number of carbonyl (C=O) groups is 2. The topological polar surface area (TPSA) is 114 Å². The van der Waals surface area contributed by atoms with Crippen LogP contribution < -0.4 is 23.8 Å². The molecule has 1 unspecified atom stereocenters. The van der Waals surface area contributed by atoms with E-state index >= 15 is 0 Å². The third-order valence-corrected chi connectivity index (χ3v) is 9.44. The standard InChI is InChI=1S/C30H34Cl3N3O7S/c1-6-24(30(38)34-7-2)35(17-19-8-11-22(32)23(33)14-19)29(37)18-36(25-15-20(31)9-12-26(25)41-3)44(39,40)21-10-13-27(42-4)28(16-21)43-5/h8-16,24H,6-7,17-18H2,1-5H3,(H,34,38). The lowest BCUT2D eigenvalue weighted by Gasteiger charge is -2.33. The third-order valence-electron chi connectivity index (χ3n) is 6.71. The van der Waals surface area contributed by atoms with Gasteiger partial charge in [0, 0.05) is 24.2 Å². The smallest absolute Gasteiger partial charge is 0.265 e. The summed E-state index contributed by atoms with van der Waals surface area (Å²) in [6.07, 6.45) is 0.252. The predicted octanol–water partition coefficient (Wildman–Crippen LogP) is 5.81. The second-order valence-corrected chi connectivity index (χ2v) is 12.5. The highest BCUT2D eigenvalue weighted by Crippen LogP contribution is 2.37. The van der Waals surface area contributed by atoms with Crippen LogP contribution in [0.1, 0.15) is 25.8 Å². The number of anilines is 1. The molecular formula is C30H34Cl3N3O7S. The molecule has 0 bridgehead atoms. The molecule has 0 fully saturated rings. The first-order valence-corrected chi connectivity index (χ1v) is 16.1. The number of carbonyl (C=O) groups excluding carboxylic acids is 2. The summed E-state index contributed by atoms with van der Waals surface area (Å²) < 4.78 is 45.6. The number of rotatable bonds is 14. The molecule has 3 aromatic rings. The van der Waals surface area contributed by atoms with Crippen LogP contribution in [-0.4, -0.2) is 65.6 Å². The van der Waals surface area contributed by atoms with Crippen LogP contribution in [0.2, 0.25) is 15.1 Å². The Kier molecular flexibility index (Phi) is 12.4. The second-order valence-electron chi connectivity index (χ2n) is 9.43. The minimum Gasteiger partial charge on any atom is -0.495 e. The highest BCUT2D eigenvalue weighted by Gasteiger charge is 2.35. The van der Waals surface area contributed by atoms with Gasteiger partial charge in [-0.2, -0.15) is 0 Å². The fourth-order valence-corrected chi connectivity index (χ4v) is 6.44. The summed E-state index contributed by atoms with van der Waals surface area (Å²) in [6.45, 7) is 3.10. The van der Waals surface area contributed by atoms with E-state index in [9.17, 15) is 18.0 Å². The zero-order valence-corrected chi connectivity index (χ0v) is 28.0. The maximum atomic E-state index is 14.3. The number of ether oxygens (including phenoxy) is 3. The van der Waals surface area contributed by atoms with Crippen LogP contribution in [0.25, 0.3) is 0 Å². The molecule has 1 N–H and O–H groups in total. The number of nitrogens with zero attached hydrogens (tertiary/aromatic N) is 2. The first kappa shape index (κ1) is 35.1. The lowest BCUT2D eigenvalue weighted by atomic mass is 10.1. The summed E-state index contributed by atoms with van der Waals surface area (Å²) >= 11 is 18.6. The molecule has 14 heteroatoms. The largest absolute Gasteiger partial charge is 0.495 e. The molecule has 0 saturated heterocycles. The van der Waals surface area contributed by atoms with Crippen LogP contribution in [0.3, 0.4) is 0 Å². The number of sulfonamides is 1. The van der Waals surface area contributed by atoms with E-state index in [0.29, 0.717) is 22.9 Å². The van der Waals surface area contributed by atoms with E-state index in [1.165, 1.54) is 62.6 Å². The molecule has 3 aromatic carbocycles. The van der Waals surface area contributed by atoms with Gasteiger partial charge in [-0.25, -0.2) is 8.42 Å². The molecule has 0 heterocycles. The minimum atomic E-state index is -4.47. The zero-order valence-electron chi connectivity index (χ0n) is 24.9. The average Bonchev–Trinajstić information content (AvgIpc) is 3.00. The molecule has 0 spiro atoms. The Morgan fingerprint density at radius 2 is 1.50 bits per heavy atom.